The summed E-state index contributed by atoms with van der Waals surface area (Å²) in [6, 6.07) is 8.43. The summed E-state index contributed by atoms with van der Waals surface area (Å²) >= 11 is 0. The van der Waals surface area contributed by atoms with Crippen molar-refractivity contribution in [2.45, 2.75) is 19.9 Å². The summed E-state index contributed by atoms with van der Waals surface area (Å²) in [6.45, 7) is 5.22. The molecule has 0 aliphatic heterocycles. The van der Waals surface area contributed by atoms with Gasteiger partial charge in [0.25, 0.3) is 11.5 Å². The van der Waals surface area contributed by atoms with E-state index < -0.39 is 23.0 Å². The molecule has 0 atom stereocenters. The predicted molar refractivity (Wildman–Crippen MR) is 93.9 cm³/mol. The van der Waals surface area contributed by atoms with E-state index >= 15 is 0 Å². The van der Waals surface area contributed by atoms with Crippen LogP contribution in [-0.2, 0) is 6.54 Å². The number of aromatic nitrogens is 2. The van der Waals surface area contributed by atoms with E-state index in [0.29, 0.717) is 5.56 Å². The molecule has 8 heteroatoms. The Morgan fingerprint density at radius 1 is 1.36 bits per heavy atom. The molecule has 0 unspecified atom stereocenters. The van der Waals surface area contributed by atoms with Gasteiger partial charge in [-0.3, -0.25) is 19.1 Å². The van der Waals surface area contributed by atoms with E-state index in [1.54, 1.807) is 37.3 Å². The Morgan fingerprint density at radius 2 is 2.04 bits per heavy atom. The second-order valence-corrected chi connectivity index (χ2v) is 5.08. The van der Waals surface area contributed by atoms with Gasteiger partial charge in [-0.05, 0) is 18.6 Å². The summed E-state index contributed by atoms with van der Waals surface area (Å²) in [5.41, 5.74) is 1.18. The number of rotatable bonds is 6. The van der Waals surface area contributed by atoms with Crippen LogP contribution in [0.25, 0.3) is 0 Å². The number of hydrogen-bond acceptors (Lipinski definition) is 5. The Balaban J connectivity index is 2.42. The monoisotopic (exact) mass is 342 g/mol. The first-order valence-electron chi connectivity index (χ1n) is 7.58. The van der Waals surface area contributed by atoms with E-state index in [1.165, 1.54) is 6.08 Å². The molecule has 0 saturated carbocycles. The van der Waals surface area contributed by atoms with Crippen LogP contribution in [0.5, 0.6) is 5.88 Å². The van der Waals surface area contributed by atoms with Crippen LogP contribution < -0.4 is 16.7 Å². The average Bonchev–Trinajstić information content (AvgIpc) is 2.61. The second kappa shape index (κ2) is 7.91. The van der Waals surface area contributed by atoms with Crippen molar-refractivity contribution in [3.8, 4) is 5.88 Å². The number of hydrazone groups is 1. The summed E-state index contributed by atoms with van der Waals surface area (Å²) in [5, 5.41) is 14.2. The number of hydrogen-bond donors (Lipinski definition) is 3. The fourth-order valence-corrected chi connectivity index (χ4v) is 2.20. The summed E-state index contributed by atoms with van der Waals surface area (Å²) in [6.07, 6.45) is 1.65. The van der Waals surface area contributed by atoms with Crippen molar-refractivity contribution in [1.82, 2.24) is 15.0 Å². The van der Waals surface area contributed by atoms with Gasteiger partial charge in [0.2, 0.25) is 5.88 Å². The number of aromatic amines is 1. The number of amides is 1. The lowest BCUT2D eigenvalue weighted by Gasteiger charge is -2.10. The molecule has 0 fully saturated rings. The SMILES string of the molecule is C=CCn1c(O)c(/C(CC)=N\NC(=O)c2ccccc2)c(=O)[nH]c1=O. The molecule has 2 rings (SSSR count). The zero-order chi connectivity index (χ0) is 18.4. The summed E-state index contributed by atoms with van der Waals surface area (Å²) in [4.78, 5) is 38.0. The third kappa shape index (κ3) is 3.92. The van der Waals surface area contributed by atoms with Crippen LogP contribution in [0.3, 0.4) is 0 Å². The molecule has 0 spiro atoms. The van der Waals surface area contributed by atoms with Crippen LogP contribution in [0.4, 0.5) is 0 Å². The Morgan fingerprint density at radius 3 is 2.64 bits per heavy atom. The molecule has 2 aromatic rings. The van der Waals surface area contributed by atoms with Gasteiger partial charge in [0.1, 0.15) is 5.56 Å². The number of carbonyl (C=O) groups is 1. The lowest BCUT2D eigenvalue weighted by atomic mass is 10.1. The molecule has 1 heterocycles. The molecule has 0 aliphatic carbocycles. The van der Waals surface area contributed by atoms with Crippen LogP contribution >= 0.6 is 0 Å². The molecule has 1 aromatic heterocycles. The number of aromatic hydroxyl groups is 1. The van der Waals surface area contributed by atoms with Crippen LogP contribution in [0, 0.1) is 0 Å². The fourth-order valence-electron chi connectivity index (χ4n) is 2.20. The van der Waals surface area contributed by atoms with Gasteiger partial charge in [0, 0.05) is 12.1 Å². The second-order valence-electron chi connectivity index (χ2n) is 5.08. The highest BCUT2D eigenvalue weighted by Crippen LogP contribution is 2.13. The smallest absolute Gasteiger partial charge is 0.331 e. The summed E-state index contributed by atoms with van der Waals surface area (Å²) < 4.78 is 0.952. The van der Waals surface area contributed by atoms with E-state index in [2.05, 4.69) is 22.1 Å². The molecule has 1 amide bonds. The maximum absolute atomic E-state index is 12.1. The largest absolute Gasteiger partial charge is 0.494 e. The normalized spacial score (nSPS) is 11.2. The highest BCUT2D eigenvalue weighted by atomic mass is 16.3. The van der Waals surface area contributed by atoms with Gasteiger partial charge in [-0.1, -0.05) is 31.2 Å². The standard InChI is InChI=1S/C17H18N4O4/c1-3-10-21-16(24)13(15(23)18-17(21)25)12(4-2)19-20-14(22)11-8-6-5-7-9-11/h3,5-9,24H,1,4,10H2,2H3,(H,20,22)(H,18,23,25)/b19-12-. The zero-order valence-corrected chi connectivity index (χ0v) is 13.7. The van der Waals surface area contributed by atoms with Gasteiger partial charge < -0.3 is 5.11 Å². The van der Waals surface area contributed by atoms with Gasteiger partial charge in [-0.15, -0.1) is 6.58 Å². The van der Waals surface area contributed by atoms with Gasteiger partial charge in [-0.2, -0.15) is 5.10 Å². The zero-order valence-electron chi connectivity index (χ0n) is 13.7. The van der Waals surface area contributed by atoms with E-state index in [1.807, 2.05) is 0 Å². The molecule has 25 heavy (non-hydrogen) atoms. The van der Waals surface area contributed by atoms with Crippen LogP contribution in [0.2, 0.25) is 0 Å². The molecule has 0 aliphatic rings. The topological polar surface area (TPSA) is 117 Å². The molecule has 0 saturated heterocycles. The van der Waals surface area contributed by atoms with Crippen molar-refractivity contribution in [3.05, 3.63) is 75.0 Å². The first kappa shape index (κ1) is 17.9. The van der Waals surface area contributed by atoms with Gasteiger partial charge in [0.05, 0.1) is 5.71 Å². The first-order valence-corrected chi connectivity index (χ1v) is 7.58. The van der Waals surface area contributed by atoms with E-state index in [4.69, 9.17) is 0 Å². The van der Waals surface area contributed by atoms with Crippen molar-refractivity contribution < 1.29 is 9.90 Å². The highest BCUT2D eigenvalue weighted by molar-refractivity contribution is 6.03. The molecular weight excluding hydrogens is 324 g/mol. The number of nitrogens with zero attached hydrogens (tertiary/aromatic N) is 2. The number of H-pyrrole nitrogens is 1. The third-order valence-corrected chi connectivity index (χ3v) is 3.44. The van der Waals surface area contributed by atoms with Gasteiger partial charge in [-0.25, -0.2) is 10.2 Å². The van der Waals surface area contributed by atoms with Crippen molar-refractivity contribution >= 4 is 11.6 Å². The summed E-state index contributed by atoms with van der Waals surface area (Å²) in [7, 11) is 0. The molecule has 0 radical (unpaired) electrons. The minimum Gasteiger partial charge on any atom is -0.494 e. The van der Waals surface area contributed by atoms with Crippen molar-refractivity contribution in [1.29, 1.82) is 0 Å². The van der Waals surface area contributed by atoms with E-state index in [9.17, 15) is 19.5 Å². The molecule has 3 N–H and O–H groups in total. The van der Waals surface area contributed by atoms with Crippen molar-refractivity contribution in [2.75, 3.05) is 0 Å². The predicted octanol–water partition coefficient (Wildman–Crippen LogP) is 0.972. The number of nitrogens with one attached hydrogen (secondary N) is 2. The molecule has 1 aromatic carbocycles. The number of allylic oxidation sites excluding steroid dienone is 1. The quantitative estimate of drug-likeness (QED) is 0.412. The minimum absolute atomic E-state index is 0.0157. The fraction of sp³-hybridized carbons (Fsp3) is 0.176. The Labute approximate surface area is 143 Å². The van der Waals surface area contributed by atoms with Crippen molar-refractivity contribution in [3.63, 3.8) is 0 Å². The number of carbonyl (C=O) groups excluding carboxylic acids is 1. The lowest BCUT2D eigenvalue weighted by Crippen LogP contribution is -2.34. The molecule has 130 valence electrons. The van der Waals surface area contributed by atoms with Gasteiger partial charge >= 0.3 is 5.69 Å². The molecule has 0 bridgehead atoms. The van der Waals surface area contributed by atoms with Crippen LogP contribution in [0.1, 0.15) is 29.3 Å². The van der Waals surface area contributed by atoms with E-state index in [0.717, 1.165) is 4.57 Å². The average molecular weight is 342 g/mol. The highest BCUT2D eigenvalue weighted by Gasteiger charge is 2.18. The maximum Gasteiger partial charge on any atom is 0.331 e. The Bertz CT molecular complexity index is 926. The lowest BCUT2D eigenvalue weighted by molar-refractivity contribution is 0.0954. The van der Waals surface area contributed by atoms with Crippen LogP contribution in [-0.4, -0.2) is 26.3 Å². The first-order chi connectivity index (χ1) is 12.0. The van der Waals surface area contributed by atoms with Crippen molar-refractivity contribution in [2.24, 2.45) is 5.10 Å². The Hall–Kier alpha value is -3.42. The van der Waals surface area contributed by atoms with Gasteiger partial charge in [0.15, 0.2) is 0 Å². The van der Waals surface area contributed by atoms with Crippen LogP contribution in [0.15, 0.2) is 57.7 Å². The van der Waals surface area contributed by atoms with E-state index in [-0.39, 0.29) is 24.2 Å². The number of benzene rings is 1. The molecular formula is C17H18N4O4. The molecule has 8 nitrogen and oxygen atoms in total. The Kier molecular flexibility index (Phi) is 5.67. The maximum atomic E-state index is 12.1. The third-order valence-electron chi connectivity index (χ3n) is 3.44. The summed E-state index contributed by atoms with van der Waals surface area (Å²) in [5.74, 6) is -0.981. The minimum atomic E-state index is -0.780.